The number of amides is 2. The van der Waals surface area contributed by atoms with Crippen LogP contribution < -0.4 is 0 Å². The third kappa shape index (κ3) is 2.84. The number of hydrogen-bond donors (Lipinski definition) is 0. The molecule has 0 N–H and O–H groups in total. The second-order valence-electron chi connectivity index (χ2n) is 6.56. The summed E-state index contributed by atoms with van der Waals surface area (Å²) in [6.07, 6.45) is 3.25. The number of carbonyl (C=O) groups is 3. The number of aromatic nitrogens is 3. The Morgan fingerprint density at radius 2 is 1.61 bits per heavy atom. The van der Waals surface area contributed by atoms with Gasteiger partial charge in [-0.05, 0) is 36.2 Å². The SMILES string of the molecule is CC(C)c1cc(C(=O)ON2C(=O)c3ccccc3C2=O)nn1-c1ccncc1. The summed E-state index contributed by atoms with van der Waals surface area (Å²) in [6.45, 7) is 3.93. The minimum absolute atomic E-state index is 0.00271. The zero-order valence-electron chi connectivity index (χ0n) is 15.2. The van der Waals surface area contributed by atoms with E-state index in [1.54, 1.807) is 47.4 Å². The highest BCUT2D eigenvalue weighted by atomic mass is 16.7. The van der Waals surface area contributed by atoms with Gasteiger partial charge in [-0.3, -0.25) is 14.6 Å². The van der Waals surface area contributed by atoms with Crippen molar-refractivity contribution in [1.29, 1.82) is 0 Å². The number of benzene rings is 1. The molecule has 8 heteroatoms. The average molecular weight is 376 g/mol. The van der Waals surface area contributed by atoms with Crippen molar-refractivity contribution in [2.45, 2.75) is 19.8 Å². The second kappa shape index (κ2) is 6.73. The van der Waals surface area contributed by atoms with Crippen LogP contribution in [0.3, 0.4) is 0 Å². The molecule has 1 aliphatic heterocycles. The predicted octanol–water partition coefficient (Wildman–Crippen LogP) is 2.76. The number of hydroxylamine groups is 2. The molecule has 4 rings (SSSR count). The standard InChI is InChI=1S/C20H16N4O4/c1-12(2)17-11-16(22-23(17)13-7-9-21-10-8-13)20(27)28-24-18(25)14-5-3-4-6-15(14)19(24)26/h3-12H,1-2H3. The summed E-state index contributed by atoms with van der Waals surface area (Å²) in [5.74, 6) is -2.16. The van der Waals surface area contributed by atoms with E-state index < -0.39 is 17.8 Å². The zero-order valence-corrected chi connectivity index (χ0v) is 15.2. The van der Waals surface area contributed by atoms with Crippen molar-refractivity contribution in [3.63, 3.8) is 0 Å². The van der Waals surface area contributed by atoms with Crippen molar-refractivity contribution >= 4 is 17.8 Å². The molecule has 0 spiro atoms. The maximum atomic E-state index is 12.6. The van der Waals surface area contributed by atoms with Gasteiger partial charge in [0.2, 0.25) is 0 Å². The number of nitrogens with zero attached hydrogens (tertiary/aromatic N) is 4. The Kier molecular flexibility index (Phi) is 4.23. The molecule has 1 aliphatic rings. The first-order valence-corrected chi connectivity index (χ1v) is 8.68. The molecule has 1 aromatic carbocycles. The normalized spacial score (nSPS) is 13.2. The van der Waals surface area contributed by atoms with Crippen molar-refractivity contribution in [3.05, 3.63) is 77.4 Å². The monoisotopic (exact) mass is 376 g/mol. The van der Waals surface area contributed by atoms with Crippen LogP contribution in [0.4, 0.5) is 0 Å². The summed E-state index contributed by atoms with van der Waals surface area (Å²) in [5, 5.41) is 4.79. The first-order valence-electron chi connectivity index (χ1n) is 8.68. The molecule has 3 heterocycles. The van der Waals surface area contributed by atoms with Crippen LogP contribution in [-0.4, -0.2) is 37.6 Å². The number of fused-ring (bicyclic) bond motifs is 1. The maximum absolute atomic E-state index is 12.6. The van der Waals surface area contributed by atoms with E-state index in [0.717, 1.165) is 11.4 Å². The summed E-state index contributed by atoms with van der Waals surface area (Å²) < 4.78 is 1.62. The number of carbonyl (C=O) groups excluding carboxylic acids is 3. The molecule has 0 atom stereocenters. The Hall–Kier alpha value is -3.81. The van der Waals surface area contributed by atoms with Crippen molar-refractivity contribution < 1.29 is 19.2 Å². The lowest BCUT2D eigenvalue weighted by Gasteiger charge is -2.11. The van der Waals surface area contributed by atoms with Gasteiger partial charge in [-0.15, -0.1) is 0 Å². The fraction of sp³-hybridized carbons (Fsp3) is 0.150. The molecule has 0 unspecified atom stereocenters. The third-order valence-corrected chi connectivity index (χ3v) is 4.38. The molecule has 0 saturated heterocycles. The molecule has 0 radical (unpaired) electrons. The van der Waals surface area contributed by atoms with Crippen LogP contribution in [0.5, 0.6) is 0 Å². The van der Waals surface area contributed by atoms with Gasteiger partial charge < -0.3 is 4.84 Å². The molecule has 0 saturated carbocycles. The van der Waals surface area contributed by atoms with Crippen LogP contribution >= 0.6 is 0 Å². The average Bonchev–Trinajstić information content (AvgIpc) is 3.26. The summed E-state index contributed by atoms with van der Waals surface area (Å²) in [4.78, 5) is 46.4. The fourth-order valence-electron chi connectivity index (χ4n) is 2.98. The predicted molar refractivity (Wildman–Crippen MR) is 97.8 cm³/mol. The van der Waals surface area contributed by atoms with E-state index in [-0.39, 0.29) is 22.7 Å². The van der Waals surface area contributed by atoms with Crippen molar-refractivity contribution in [1.82, 2.24) is 19.8 Å². The summed E-state index contributed by atoms with van der Waals surface area (Å²) in [7, 11) is 0. The molecule has 3 aromatic rings. The van der Waals surface area contributed by atoms with Crippen molar-refractivity contribution in [3.8, 4) is 5.69 Å². The number of imide groups is 1. The summed E-state index contributed by atoms with van der Waals surface area (Å²) in [5.41, 5.74) is 1.91. The van der Waals surface area contributed by atoms with Gasteiger partial charge in [0.05, 0.1) is 16.8 Å². The van der Waals surface area contributed by atoms with Gasteiger partial charge in [0.1, 0.15) is 0 Å². The van der Waals surface area contributed by atoms with Crippen LogP contribution in [0.1, 0.15) is 56.7 Å². The first-order chi connectivity index (χ1) is 13.5. The smallest absolute Gasteiger partial charge is 0.322 e. The quantitative estimate of drug-likeness (QED) is 0.650. The fourth-order valence-corrected chi connectivity index (χ4v) is 2.98. The Labute approximate surface area is 160 Å². The molecule has 140 valence electrons. The van der Waals surface area contributed by atoms with E-state index in [2.05, 4.69) is 10.1 Å². The first kappa shape index (κ1) is 17.6. The van der Waals surface area contributed by atoms with E-state index in [1.165, 1.54) is 12.1 Å². The topological polar surface area (TPSA) is 94.4 Å². The molecule has 28 heavy (non-hydrogen) atoms. The van der Waals surface area contributed by atoms with E-state index in [0.29, 0.717) is 5.06 Å². The number of hydrogen-bond acceptors (Lipinski definition) is 6. The van der Waals surface area contributed by atoms with E-state index >= 15 is 0 Å². The van der Waals surface area contributed by atoms with Crippen LogP contribution in [-0.2, 0) is 4.84 Å². The highest BCUT2D eigenvalue weighted by Crippen LogP contribution is 2.24. The molecule has 0 aliphatic carbocycles. The molecule has 2 amide bonds. The lowest BCUT2D eigenvalue weighted by atomic mass is 10.1. The Bertz CT molecular complexity index is 1050. The van der Waals surface area contributed by atoms with Crippen LogP contribution in [0.2, 0.25) is 0 Å². The Balaban J connectivity index is 1.63. The van der Waals surface area contributed by atoms with Gasteiger partial charge in [0, 0.05) is 18.1 Å². The minimum atomic E-state index is -0.885. The lowest BCUT2D eigenvalue weighted by Crippen LogP contribution is -2.32. The molecule has 0 bridgehead atoms. The van der Waals surface area contributed by atoms with E-state index in [1.807, 2.05) is 13.8 Å². The molecule has 0 fully saturated rings. The van der Waals surface area contributed by atoms with Gasteiger partial charge in [-0.2, -0.15) is 5.10 Å². The minimum Gasteiger partial charge on any atom is -0.322 e. The van der Waals surface area contributed by atoms with E-state index in [9.17, 15) is 14.4 Å². The third-order valence-electron chi connectivity index (χ3n) is 4.38. The Morgan fingerprint density at radius 3 is 2.18 bits per heavy atom. The van der Waals surface area contributed by atoms with Gasteiger partial charge in [0.15, 0.2) is 5.69 Å². The number of rotatable bonds is 4. The second-order valence-corrected chi connectivity index (χ2v) is 6.56. The van der Waals surface area contributed by atoms with E-state index in [4.69, 9.17) is 4.84 Å². The zero-order chi connectivity index (χ0) is 19.8. The summed E-state index contributed by atoms with van der Waals surface area (Å²) >= 11 is 0. The lowest BCUT2D eigenvalue weighted by molar-refractivity contribution is -0.0588. The Morgan fingerprint density at radius 1 is 1.00 bits per heavy atom. The maximum Gasteiger partial charge on any atom is 0.384 e. The van der Waals surface area contributed by atoms with Crippen LogP contribution in [0.15, 0.2) is 54.9 Å². The van der Waals surface area contributed by atoms with Gasteiger partial charge >= 0.3 is 5.97 Å². The summed E-state index contributed by atoms with van der Waals surface area (Å²) in [6, 6.07) is 11.4. The van der Waals surface area contributed by atoms with Crippen LogP contribution in [0.25, 0.3) is 5.69 Å². The molecular weight excluding hydrogens is 360 g/mol. The van der Waals surface area contributed by atoms with Crippen molar-refractivity contribution in [2.24, 2.45) is 0 Å². The van der Waals surface area contributed by atoms with Crippen LogP contribution in [0, 0.1) is 0 Å². The number of pyridine rings is 1. The molecular formula is C20H16N4O4. The highest BCUT2D eigenvalue weighted by molar-refractivity contribution is 6.21. The molecule has 8 nitrogen and oxygen atoms in total. The van der Waals surface area contributed by atoms with Gasteiger partial charge in [-0.25, -0.2) is 9.48 Å². The molecule has 2 aromatic heterocycles. The van der Waals surface area contributed by atoms with Gasteiger partial charge in [-0.1, -0.05) is 31.0 Å². The van der Waals surface area contributed by atoms with Gasteiger partial charge in [0.25, 0.3) is 11.8 Å². The highest BCUT2D eigenvalue weighted by Gasteiger charge is 2.39. The largest absolute Gasteiger partial charge is 0.384 e. The van der Waals surface area contributed by atoms with Crippen molar-refractivity contribution in [2.75, 3.05) is 0 Å².